The molecule has 1 aromatic carbocycles. The molecule has 1 rings (SSSR count). The molecule has 0 saturated heterocycles. The Morgan fingerprint density at radius 1 is 1.06 bits per heavy atom. The molecule has 0 saturated carbocycles. The Kier molecular flexibility index (Phi) is 4.64. The summed E-state index contributed by atoms with van der Waals surface area (Å²) in [6.45, 7) is 5.81. The first-order chi connectivity index (χ1) is 7.75. The number of halogens is 4. The van der Waals surface area contributed by atoms with Gasteiger partial charge in [0.05, 0.1) is 5.56 Å². The summed E-state index contributed by atoms with van der Waals surface area (Å²) in [7, 11) is 0. The monoisotopic (exact) mass is 308 g/mol. The molecule has 0 fully saturated rings. The maximum absolute atomic E-state index is 12.9. The minimum atomic E-state index is -4.28. The molecule has 0 aliphatic carbocycles. The van der Waals surface area contributed by atoms with Crippen LogP contribution in [0.2, 0.25) is 0 Å². The maximum Gasteiger partial charge on any atom is 0.416 e. The van der Waals surface area contributed by atoms with Crippen molar-refractivity contribution in [2.75, 3.05) is 0 Å². The van der Waals surface area contributed by atoms with Crippen molar-refractivity contribution < 1.29 is 13.2 Å². The van der Waals surface area contributed by atoms with E-state index in [9.17, 15) is 13.2 Å². The predicted molar refractivity (Wildman–Crippen MR) is 67.4 cm³/mol. The summed E-state index contributed by atoms with van der Waals surface area (Å²) in [5.74, 6) is 0.110. The van der Waals surface area contributed by atoms with E-state index in [1.54, 1.807) is 12.1 Å². The highest BCUT2D eigenvalue weighted by Gasteiger charge is 2.35. The quantitative estimate of drug-likeness (QED) is 0.671. The van der Waals surface area contributed by atoms with Crippen LogP contribution in [0.3, 0.4) is 0 Å². The van der Waals surface area contributed by atoms with E-state index < -0.39 is 11.7 Å². The Bertz CT molecular complexity index is 371. The van der Waals surface area contributed by atoms with Crippen LogP contribution in [0.15, 0.2) is 24.3 Å². The molecule has 0 bridgehead atoms. The van der Waals surface area contributed by atoms with Crippen molar-refractivity contribution in [1.29, 1.82) is 0 Å². The van der Waals surface area contributed by atoms with E-state index in [1.165, 1.54) is 6.07 Å². The SMILES string of the molecule is CC(C)C(Br)C(C)c1ccccc1C(F)(F)F. The molecule has 0 aliphatic heterocycles. The average molecular weight is 309 g/mol. The fraction of sp³-hybridized carbons (Fsp3) is 0.538. The number of rotatable bonds is 3. The topological polar surface area (TPSA) is 0 Å². The standard InChI is InChI=1S/C13H16BrF3/c1-8(2)12(14)9(3)10-6-4-5-7-11(10)13(15,16)17/h4-9,12H,1-3H3. The van der Waals surface area contributed by atoms with Crippen molar-refractivity contribution in [2.24, 2.45) is 5.92 Å². The number of hydrogen-bond acceptors (Lipinski definition) is 0. The lowest BCUT2D eigenvalue weighted by molar-refractivity contribution is -0.138. The highest BCUT2D eigenvalue weighted by molar-refractivity contribution is 9.09. The third kappa shape index (κ3) is 3.47. The highest BCUT2D eigenvalue weighted by Crippen LogP contribution is 2.38. The van der Waals surface area contributed by atoms with Gasteiger partial charge in [-0.3, -0.25) is 0 Å². The highest BCUT2D eigenvalue weighted by atomic mass is 79.9. The van der Waals surface area contributed by atoms with Crippen LogP contribution in [0, 0.1) is 5.92 Å². The zero-order chi connectivity index (χ0) is 13.2. The summed E-state index contributed by atoms with van der Waals surface area (Å²) in [5.41, 5.74) is -0.173. The zero-order valence-electron chi connectivity index (χ0n) is 10.1. The van der Waals surface area contributed by atoms with Gasteiger partial charge in [0.2, 0.25) is 0 Å². The van der Waals surface area contributed by atoms with E-state index in [0.717, 1.165) is 6.07 Å². The fourth-order valence-electron chi connectivity index (χ4n) is 1.90. The number of benzene rings is 1. The molecule has 0 aliphatic rings. The summed E-state index contributed by atoms with van der Waals surface area (Å²) in [4.78, 5) is 0.0333. The Morgan fingerprint density at radius 3 is 2.06 bits per heavy atom. The number of alkyl halides is 4. The largest absolute Gasteiger partial charge is 0.416 e. The molecular formula is C13H16BrF3. The van der Waals surface area contributed by atoms with Crippen LogP contribution in [0.5, 0.6) is 0 Å². The van der Waals surface area contributed by atoms with Crippen LogP contribution in [0.4, 0.5) is 13.2 Å². The van der Waals surface area contributed by atoms with Crippen molar-refractivity contribution in [3.8, 4) is 0 Å². The molecule has 1 aromatic rings. The molecule has 4 heteroatoms. The van der Waals surface area contributed by atoms with Crippen molar-refractivity contribution in [2.45, 2.75) is 37.7 Å². The first kappa shape index (κ1) is 14.6. The van der Waals surface area contributed by atoms with E-state index in [1.807, 2.05) is 20.8 Å². The van der Waals surface area contributed by atoms with Crippen LogP contribution in [0.1, 0.15) is 37.8 Å². The molecule has 2 unspecified atom stereocenters. The lowest BCUT2D eigenvalue weighted by Gasteiger charge is -2.25. The van der Waals surface area contributed by atoms with Gasteiger partial charge in [0.1, 0.15) is 0 Å². The first-order valence-electron chi connectivity index (χ1n) is 5.55. The fourth-order valence-corrected chi connectivity index (χ4v) is 2.19. The molecule has 0 heterocycles. The molecule has 17 heavy (non-hydrogen) atoms. The zero-order valence-corrected chi connectivity index (χ0v) is 11.6. The Morgan fingerprint density at radius 2 is 1.59 bits per heavy atom. The van der Waals surface area contributed by atoms with Crippen molar-refractivity contribution in [1.82, 2.24) is 0 Å². The molecular weight excluding hydrogens is 293 g/mol. The molecule has 0 spiro atoms. The maximum atomic E-state index is 12.9. The van der Waals surface area contributed by atoms with Gasteiger partial charge in [-0.25, -0.2) is 0 Å². The second kappa shape index (κ2) is 5.42. The summed E-state index contributed by atoms with van der Waals surface area (Å²) >= 11 is 3.48. The van der Waals surface area contributed by atoms with E-state index in [0.29, 0.717) is 5.56 Å². The average Bonchev–Trinajstić information content (AvgIpc) is 2.25. The van der Waals surface area contributed by atoms with E-state index >= 15 is 0 Å². The van der Waals surface area contributed by atoms with Gasteiger partial charge in [0, 0.05) is 4.83 Å². The minimum Gasteiger partial charge on any atom is -0.166 e. The van der Waals surface area contributed by atoms with Crippen molar-refractivity contribution in [3.05, 3.63) is 35.4 Å². The van der Waals surface area contributed by atoms with Gasteiger partial charge in [-0.1, -0.05) is 54.9 Å². The van der Waals surface area contributed by atoms with Crippen molar-refractivity contribution >= 4 is 15.9 Å². The minimum absolute atomic E-state index is 0.0333. The third-order valence-corrected chi connectivity index (χ3v) is 4.72. The summed E-state index contributed by atoms with van der Waals surface area (Å²) in [6.07, 6.45) is -4.28. The lowest BCUT2D eigenvalue weighted by Crippen LogP contribution is -2.19. The van der Waals surface area contributed by atoms with E-state index in [4.69, 9.17) is 0 Å². The Hall–Kier alpha value is -0.510. The molecule has 96 valence electrons. The number of hydrogen-bond donors (Lipinski definition) is 0. The smallest absolute Gasteiger partial charge is 0.166 e. The Labute approximate surface area is 108 Å². The normalized spacial score (nSPS) is 16.0. The first-order valence-corrected chi connectivity index (χ1v) is 6.47. The third-order valence-electron chi connectivity index (χ3n) is 2.87. The molecule has 0 amide bonds. The van der Waals surface area contributed by atoms with Gasteiger partial charge in [-0.05, 0) is 23.5 Å². The predicted octanol–water partition coefficient (Wildman–Crippen LogP) is 5.23. The van der Waals surface area contributed by atoms with Gasteiger partial charge >= 0.3 is 6.18 Å². The van der Waals surface area contributed by atoms with Gasteiger partial charge < -0.3 is 0 Å². The molecule has 0 N–H and O–H groups in total. The van der Waals surface area contributed by atoms with Crippen molar-refractivity contribution in [3.63, 3.8) is 0 Å². The molecule has 0 radical (unpaired) electrons. The van der Waals surface area contributed by atoms with Gasteiger partial charge in [0.15, 0.2) is 0 Å². The van der Waals surface area contributed by atoms with Crippen LogP contribution in [-0.2, 0) is 6.18 Å². The molecule has 0 nitrogen and oxygen atoms in total. The molecule has 0 aromatic heterocycles. The summed E-state index contributed by atoms with van der Waals surface area (Å²) < 4.78 is 38.6. The van der Waals surface area contributed by atoms with Crippen LogP contribution >= 0.6 is 15.9 Å². The lowest BCUT2D eigenvalue weighted by atomic mass is 9.88. The van der Waals surface area contributed by atoms with E-state index in [2.05, 4.69) is 15.9 Å². The Balaban J connectivity index is 3.14. The van der Waals surface area contributed by atoms with Gasteiger partial charge in [-0.2, -0.15) is 13.2 Å². The van der Waals surface area contributed by atoms with Crippen LogP contribution < -0.4 is 0 Å². The van der Waals surface area contributed by atoms with Gasteiger partial charge in [-0.15, -0.1) is 0 Å². The van der Waals surface area contributed by atoms with Crippen LogP contribution in [0.25, 0.3) is 0 Å². The summed E-state index contributed by atoms with van der Waals surface area (Å²) in [6, 6.07) is 5.79. The second-order valence-electron chi connectivity index (χ2n) is 4.56. The van der Waals surface area contributed by atoms with Gasteiger partial charge in [0.25, 0.3) is 0 Å². The second-order valence-corrected chi connectivity index (χ2v) is 5.62. The molecule has 2 atom stereocenters. The van der Waals surface area contributed by atoms with Crippen LogP contribution in [-0.4, -0.2) is 4.83 Å². The van der Waals surface area contributed by atoms with E-state index in [-0.39, 0.29) is 16.7 Å². The summed E-state index contributed by atoms with van der Waals surface area (Å²) in [5, 5.41) is 0.